The van der Waals surface area contributed by atoms with Crippen LogP contribution in [-0.4, -0.2) is 15.0 Å². The Bertz CT molecular complexity index is 1610. The maximum atomic E-state index is 6.12. The van der Waals surface area contributed by atoms with E-state index in [1.807, 2.05) is 54.6 Å². The Balaban J connectivity index is 1.66. The summed E-state index contributed by atoms with van der Waals surface area (Å²) in [7, 11) is 0. The van der Waals surface area contributed by atoms with Crippen molar-refractivity contribution in [1.29, 1.82) is 0 Å². The molecule has 0 atom stereocenters. The van der Waals surface area contributed by atoms with Crippen molar-refractivity contribution >= 4 is 33.1 Å². The number of benzene rings is 5. The van der Waals surface area contributed by atoms with Crippen LogP contribution < -0.4 is 0 Å². The molecule has 0 fully saturated rings. The van der Waals surface area contributed by atoms with E-state index < -0.39 is 0 Å². The van der Waals surface area contributed by atoms with Gasteiger partial charge in [0.05, 0.1) is 0 Å². The first-order valence-corrected chi connectivity index (χ1v) is 11.1. The molecule has 3 nitrogen and oxygen atoms in total. The molecule has 0 N–H and O–H groups in total. The minimum absolute atomic E-state index is 0.618. The molecule has 0 aliphatic rings. The van der Waals surface area contributed by atoms with Gasteiger partial charge < -0.3 is 0 Å². The van der Waals surface area contributed by atoms with E-state index in [4.69, 9.17) is 26.6 Å². The predicted octanol–water partition coefficient (Wildman–Crippen LogP) is 7.83. The molecule has 4 heteroatoms. The van der Waals surface area contributed by atoms with Gasteiger partial charge in [0.25, 0.3) is 0 Å². The van der Waals surface area contributed by atoms with Crippen molar-refractivity contribution in [3.63, 3.8) is 0 Å². The maximum Gasteiger partial charge on any atom is 0.164 e. The average Bonchev–Trinajstić information content (AvgIpc) is 2.89. The average molecular weight is 444 g/mol. The molecular weight excluding hydrogens is 426 g/mol. The normalized spacial score (nSPS) is 11.2. The fourth-order valence-electron chi connectivity index (χ4n) is 4.18. The zero-order chi connectivity index (χ0) is 22.2. The van der Waals surface area contributed by atoms with Crippen molar-refractivity contribution in [3.05, 3.63) is 114 Å². The van der Waals surface area contributed by atoms with Gasteiger partial charge in [-0.1, -0.05) is 90.5 Å². The zero-order valence-electron chi connectivity index (χ0n) is 17.6. The molecule has 6 aromatic rings. The van der Waals surface area contributed by atoms with Gasteiger partial charge in [-0.25, -0.2) is 15.0 Å². The molecule has 0 spiro atoms. The predicted molar refractivity (Wildman–Crippen MR) is 136 cm³/mol. The van der Waals surface area contributed by atoms with E-state index in [0.717, 1.165) is 27.5 Å². The summed E-state index contributed by atoms with van der Waals surface area (Å²) in [6.45, 7) is 0. The lowest BCUT2D eigenvalue weighted by Gasteiger charge is -2.12. The van der Waals surface area contributed by atoms with Crippen LogP contribution >= 0.6 is 11.6 Å². The van der Waals surface area contributed by atoms with Crippen molar-refractivity contribution in [3.8, 4) is 34.2 Å². The van der Waals surface area contributed by atoms with Gasteiger partial charge in [-0.3, -0.25) is 0 Å². The van der Waals surface area contributed by atoms with Crippen molar-refractivity contribution in [2.75, 3.05) is 0 Å². The van der Waals surface area contributed by atoms with Crippen molar-refractivity contribution < 1.29 is 0 Å². The standard InChI is InChI=1S/C29H18ClN3/c30-22-16-14-20(15-17-22)28-31-27(19-8-2-1-3-9-19)32-29(33-28)26-18-21-10-4-5-11-23(21)24-12-6-7-13-25(24)26/h1-18H. The van der Waals surface area contributed by atoms with Crippen molar-refractivity contribution in [1.82, 2.24) is 15.0 Å². The highest BCUT2D eigenvalue weighted by molar-refractivity contribution is 6.30. The van der Waals surface area contributed by atoms with Gasteiger partial charge in [0.15, 0.2) is 17.5 Å². The monoisotopic (exact) mass is 443 g/mol. The highest BCUT2D eigenvalue weighted by atomic mass is 35.5. The van der Waals surface area contributed by atoms with Crippen molar-refractivity contribution in [2.24, 2.45) is 0 Å². The largest absolute Gasteiger partial charge is 0.208 e. The topological polar surface area (TPSA) is 38.7 Å². The Hall–Kier alpha value is -4.08. The number of hydrogen-bond donors (Lipinski definition) is 0. The van der Waals surface area contributed by atoms with Gasteiger partial charge in [0, 0.05) is 21.7 Å². The maximum absolute atomic E-state index is 6.12. The molecule has 1 aromatic heterocycles. The van der Waals surface area contributed by atoms with Gasteiger partial charge in [-0.15, -0.1) is 0 Å². The molecule has 0 unspecified atom stereocenters. The molecule has 156 valence electrons. The number of rotatable bonds is 3. The molecule has 0 bridgehead atoms. The first kappa shape index (κ1) is 19.6. The van der Waals surface area contributed by atoms with E-state index >= 15 is 0 Å². The first-order chi connectivity index (χ1) is 16.3. The van der Waals surface area contributed by atoms with Gasteiger partial charge in [-0.05, 0) is 51.9 Å². The SMILES string of the molecule is Clc1ccc(-c2nc(-c3ccccc3)nc(-c3cc4ccccc4c4ccccc34)n2)cc1. The van der Waals surface area contributed by atoms with Gasteiger partial charge in [0.2, 0.25) is 0 Å². The second kappa shape index (κ2) is 8.12. The lowest BCUT2D eigenvalue weighted by atomic mass is 9.97. The van der Waals surface area contributed by atoms with E-state index in [0.29, 0.717) is 22.5 Å². The molecule has 0 saturated heterocycles. The van der Waals surface area contributed by atoms with Crippen LogP contribution in [0.4, 0.5) is 0 Å². The van der Waals surface area contributed by atoms with Gasteiger partial charge >= 0.3 is 0 Å². The molecule has 33 heavy (non-hydrogen) atoms. The third-order valence-electron chi connectivity index (χ3n) is 5.78. The molecule has 1 heterocycles. The summed E-state index contributed by atoms with van der Waals surface area (Å²) in [6.07, 6.45) is 0. The second-order valence-electron chi connectivity index (χ2n) is 7.87. The summed E-state index contributed by atoms with van der Waals surface area (Å²) in [5.41, 5.74) is 2.82. The van der Waals surface area contributed by atoms with E-state index in [9.17, 15) is 0 Å². The lowest BCUT2D eigenvalue weighted by Crippen LogP contribution is -2.00. The molecule has 0 amide bonds. The minimum Gasteiger partial charge on any atom is -0.208 e. The van der Waals surface area contributed by atoms with Crippen LogP contribution in [-0.2, 0) is 0 Å². The minimum atomic E-state index is 0.618. The third-order valence-corrected chi connectivity index (χ3v) is 6.03. The van der Waals surface area contributed by atoms with Crippen LogP contribution in [0.3, 0.4) is 0 Å². The van der Waals surface area contributed by atoms with Crippen LogP contribution in [0.25, 0.3) is 55.7 Å². The number of halogens is 1. The quantitative estimate of drug-likeness (QED) is 0.261. The number of nitrogens with zero attached hydrogens (tertiary/aromatic N) is 3. The number of fused-ring (bicyclic) bond motifs is 3. The highest BCUT2D eigenvalue weighted by Gasteiger charge is 2.15. The molecule has 6 rings (SSSR count). The van der Waals surface area contributed by atoms with Gasteiger partial charge in [0.1, 0.15) is 0 Å². The Morgan fingerprint density at radius 3 is 1.73 bits per heavy atom. The smallest absolute Gasteiger partial charge is 0.164 e. The summed E-state index contributed by atoms with van der Waals surface area (Å²) in [6, 6.07) is 36.6. The molecule has 0 saturated carbocycles. The Labute approximate surface area is 196 Å². The van der Waals surface area contributed by atoms with E-state index in [1.165, 1.54) is 10.8 Å². The molecule has 0 radical (unpaired) electrons. The van der Waals surface area contributed by atoms with Crippen LogP contribution in [0.1, 0.15) is 0 Å². The van der Waals surface area contributed by atoms with Crippen LogP contribution in [0.2, 0.25) is 5.02 Å². The van der Waals surface area contributed by atoms with Crippen molar-refractivity contribution in [2.45, 2.75) is 0 Å². The second-order valence-corrected chi connectivity index (χ2v) is 8.31. The summed E-state index contributed by atoms with van der Waals surface area (Å²) in [5, 5.41) is 5.34. The molecule has 0 aliphatic carbocycles. The van der Waals surface area contributed by atoms with Crippen LogP contribution in [0, 0.1) is 0 Å². The summed E-state index contributed by atoms with van der Waals surface area (Å²) in [4.78, 5) is 14.7. The summed E-state index contributed by atoms with van der Waals surface area (Å²) < 4.78 is 0. The van der Waals surface area contributed by atoms with Crippen LogP contribution in [0.5, 0.6) is 0 Å². The summed E-state index contributed by atoms with van der Waals surface area (Å²) >= 11 is 6.12. The van der Waals surface area contributed by atoms with Crippen LogP contribution in [0.15, 0.2) is 109 Å². The molecule has 5 aromatic carbocycles. The van der Waals surface area contributed by atoms with E-state index in [1.54, 1.807) is 0 Å². The Morgan fingerprint density at radius 1 is 0.455 bits per heavy atom. The zero-order valence-corrected chi connectivity index (χ0v) is 18.4. The Kier molecular flexibility index (Phi) is 4.82. The highest BCUT2D eigenvalue weighted by Crippen LogP contribution is 2.34. The fourth-order valence-corrected chi connectivity index (χ4v) is 4.31. The fraction of sp³-hybridized carbons (Fsp3) is 0. The number of hydrogen-bond acceptors (Lipinski definition) is 3. The third kappa shape index (κ3) is 3.63. The first-order valence-electron chi connectivity index (χ1n) is 10.7. The number of aromatic nitrogens is 3. The molecular formula is C29H18ClN3. The summed E-state index contributed by atoms with van der Waals surface area (Å²) in [5.74, 6) is 1.91. The molecule has 0 aliphatic heterocycles. The van der Waals surface area contributed by atoms with E-state index in [2.05, 4.69) is 54.6 Å². The lowest BCUT2D eigenvalue weighted by molar-refractivity contribution is 1.08. The van der Waals surface area contributed by atoms with E-state index in [-0.39, 0.29) is 0 Å². The van der Waals surface area contributed by atoms with Gasteiger partial charge in [-0.2, -0.15) is 0 Å². The Morgan fingerprint density at radius 2 is 1.00 bits per heavy atom.